The standard InChI is InChI=1S/C22H26N4O3/c1-4-26(18-9-7-8-16(2)14-18)13-12-23-22(27)19-10-5-6-11-20(19)28-15-21-24-17(3)29-25-21/h5-11,14H,4,12-13,15H2,1-3H3,(H,23,27). The number of hydrogen-bond donors (Lipinski definition) is 1. The summed E-state index contributed by atoms with van der Waals surface area (Å²) >= 11 is 0. The molecule has 0 saturated heterocycles. The van der Waals surface area contributed by atoms with E-state index in [4.69, 9.17) is 9.26 Å². The minimum Gasteiger partial charge on any atom is -0.485 e. The minimum absolute atomic E-state index is 0.138. The fourth-order valence-corrected chi connectivity index (χ4v) is 3.02. The van der Waals surface area contributed by atoms with Gasteiger partial charge in [-0.05, 0) is 43.7 Å². The van der Waals surface area contributed by atoms with Gasteiger partial charge in [-0.3, -0.25) is 4.79 Å². The molecule has 7 nitrogen and oxygen atoms in total. The summed E-state index contributed by atoms with van der Waals surface area (Å²) < 4.78 is 10.7. The number of ether oxygens (including phenoxy) is 1. The summed E-state index contributed by atoms with van der Waals surface area (Å²) in [6.07, 6.45) is 0. The number of carbonyl (C=O) groups excluding carboxylic acids is 1. The van der Waals surface area contributed by atoms with Crippen molar-refractivity contribution in [2.75, 3.05) is 24.5 Å². The molecule has 0 aliphatic heterocycles. The van der Waals surface area contributed by atoms with E-state index in [2.05, 4.69) is 52.4 Å². The van der Waals surface area contributed by atoms with Crippen LogP contribution in [0.1, 0.15) is 34.6 Å². The Hall–Kier alpha value is -3.35. The van der Waals surface area contributed by atoms with Gasteiger partial charge in [0.1, 0.15) is 5.75 Å². The molecule has 0 fully saturated rings. The molecular weight excluding hydrogens is 368 g/mol. The first kappa shape index (κ1) is 20.4. The average Bonchev–Trinajstić information content (AvgIpc) is 3.15. The van der Waals surface area contributed by atoms with Crippen LogP contribution in [0.25, 0.3) is 0 Å². The van der Waals surface area contributed by atoms with Gasteiger partial charge >= 0.3 is 0 Å². The summed E-state index contributed by atoms with van der Waals surface area (Å²) in [5.74, 6) is 1.22. The molecule has 1 amide bonds. The molecule has 0 bridgehead atoms. The van der Waals surface area contributed by atoms with Crippen LogP contribution in [0.2, 0.25) is 0 Å². The summed E-state index contributed by atoms with van der Waals surface area (Å²) in [6.45, 7) is 8.14. The summed E-state index contributed by atoms with van der Waals surface area (Å²) in [7, 11) is 0. The largest absolute Gasteiger partial charge is 0.485 e. The van der Waals surface area contributed by atoms with E-state index < -0.39 is 0 Å². The van der Waals surface area contributed by atoms with Crippen molar-refractivity contribution in [1.29, 1.82) is 0 Å². The first-order chi connectivity index (χ1) is 14.1. The van der Waals surface area contributed by atoms with Gasteiger partial charge in [-0.2, -0.15) is 4.98 Å². The van der Waals surface area contributed by atoms with Crippen LogP contribution in [-0.2, 0) is 6.61 Å². The van der Waals surface area contributed by atoms with Gasteiger partial charge in [0, 0.05) is 32.2 Å². The van der Waals surface area contributed by atoms with Crippen molar-refractivity contribution in [3.8, 4) is 5.75 Å². The minimum atomic E-state index is -0.176. The molecule has 0 spiro atoms. The van der Waals surface area contributed by atoms with Crippen LogP contribution in [0.4, 0.5) is 5.69 Å². The van der Waals surface area contributed by atoms with Gasteiger partial charge < -0.3 is 19.5 Å². The average molecular weight is 394 g/mol. The lowest BCUT2D eigenvalue weighted by Gasteiger charge is -2.23. The molecule has 0 saturated carbocycles. The van der Waals surface area contributed by atoms with Crippen LogP contribution >= 0.6 is 0 Å². The molecule has 0 aliphatic carbocycles. The number of aryl methyl sites for hydroxylation is 2. The lowest BCUT2D eigenvalue weighted by molar-refractivity contribution is 0.0950. The Labute approximate surface area is 170 Å². The normalized spacial score (nSPS) is 10.6. The van der Waals surface area contributed by atoms with Crippen molar-refractivity contribution in [3.63, 3.8) is 0 Å². The molecule has 1 N–H and O–H groups in total. The molecule has 2 aromatic carbocycles. The number of anilines is 1. The highest BCUT2D eigenvalue weighted by Crippen LogP contribution is 2.19. The Morgan fingerprint density at radius 1 is 1.17 bits per heavy atom. The molecule has 3 rings (SSSR count). The Bertz CT molecular complexity index is 954. The Kier molecular flexibility index (Phi) is 6.84. The molecule has 1 aromatic heterocycles. The summed E-state index contributed by atoms with van der Waals surface area (Å²) in [4.78, 5) is 19.0. The van der Waals surface area contributed by atoms with Gasteiger partial charge in [-0.15, -0.1) is 0 Å². The van der Waals surface area contributed by atoms with Gasteiger partial charge in [-0.25, -0.2) is 0 Å². The van der Waals surface area contributed by atoms with E-state index in [0.29, 0.717) is 29.6 Å². The van der Waals surface area contributed by atoms with Crippen LogP contribution in [0.3, 0.4) is 0 Å². The predicted octanol–water partition coefficient (Wildman–Crippen LogP) is 3.52. The van der Waals surface area contributed by atoms with E-state index in [-0.39, 0.29) is 12.5 Å². The number of likely N-dealkylation sites (N-methyl/N-ethyl adjacent to an activating group) is 1. The van der Waals surface area contributed by atoms with Crippen molar-refractivity contribution in [1.82, 2.24) is 15.5 Å². The second kappa shape index (κ2) is 9.73. The van der Waals surface area contributed by atoms with Crippen molar-refractivity contribution < 1.29 is 14.1 Å². The molecule has 1 heterocycles. The van der Waals surface area contributed by atoms with E-state index in [9.17, 15) is 4.79 Å². The third-order valence-electron chi connectivity index (χ3n) is 4.47. The molecule has 3 aromatic rings. The number of nitrogens with zero attached hydrogens (tertiary/aromatic N) is 3. The first-order valence-corrected chi connectivity index (χ1v) is 9.67. The van der Waals surface area contributed by atoms with Crippen molar-refractivity contribution in [2.24, 2.45) is 0 Å². The smallest absolute Gasteiger partial charge is 0.255 e. The lowest BCUT2D eigenvalue weighted by Crippen LogP contribution is -2.35. The zero-order chi connectivity index (χ0) is 20.6. The zero-order valence-electron chi connectivity index (χ0n) is 17.0. The van der Waals surface area contributed by atoms with Gasteiger partial charge in [0.25, 0.3) is 5.91 Å². The van der Waals surface area contributed by atoms with E-state index in [1.54, 1.807) is 19.1 Å². The Morgan fingerprint density at radius 2 is 2.00 bits per heavy atom. The highest BCUT2D eigenvalue weighted by atomic mass is 16.5. The topological polar surface area (TPSA) is 80.5 Å². The fraction of sp³-hybridized carbons (Fsp3) is 0.318. The van der Waals surface area contributed by atoms with Gasteiger partial charge in [0.2, 0.25) is 11.7 Å². The summed E-state index contributed by atoms with van der Waals surface area (Å²) in [6, 6.07) is 15.5. The number of aromatic nitrogens is 2. The Balaban J connectivity index is 1.57. The summed E-state index contributed by atoms with van der Waals surface area (Å²) in [5.41, 5.74) is 2.85. The van der Waals surface area contributed by atoms with Gasteiger partial charge in [0.05, 0.1) is 5.56 Å². The molecule has 0 unspecified atom stereocenters. The third kappa shape index (κ3) is 5.57. The monoisotopic (exact) mass is 394 g/mol. The highest BCUT2D eigenvalue weighted by Gasteiger charge is 2.13. The van der Waals surface area contributed by atoms with Gasteiger partial charge in [-0.1, -0.05) is 29.4 Å². The van der Waals surface area contributed by atoms with Crippen LogP contribution in [-0.4, -0.2) is 35.7 Å². The second-order valence-electron chi connectivity index (χ2n) is 6.69. The molecule has 29 heavy (non-hydrogen) atoms. The maximum atomic E-state index is 12.7. The molecule has 0 aliphatic rings. The lowest BCUT2D eigenvalue weighted by atomic mass is 10.2. The number of carbonyl (C=O) groups is 1. The first-order valence-electron chi connectivity index (χ1n) is 9.67. The third-order valence-corrected chi connectivity index (χ3v) is 4.47. The van der Waals surface area contributed by atoms with Crippen molar-refractivity contribution in [3.05, 3.63) is 71.4 Å². The molecule has 0 atom stereocenters. The van der Waals surface area contributed by atoms with Crippen LogP contribution < -0.4 is 15.0 Å². The van der Waals surface area contributed by atoms with E-state index >= 15 is 0 Å². The van der Waals surface area contributed by atoms with E-state index in [1.807, 2.05) is 18.2 Å². The number of nitrogens with one attached hydrogen (secondary N) is 1. The number of amides is 1. The SMILES string of the molecule is CCN(CCNC(=O)c1ccccc1OCc1noc(C)n1)c1cccc(C)c1. The summed E-state index contributed by atoms with van der Waals surface area (Å²) in [5, 5.41) is 6.78. The quantitative estimate of drug-likeness (QED) is 0.598. The number of benzene rings is 2. The molecule has 0 radical (unpaired) electrons. The second-order valence-corrected chi connectivity index (χ2v) is 6.69. The van der Waals surface area contributed by atoms with Crippen molar-refractivity contribution >= 4 is 11.6 Å². The fourth-order valence-electron chi connectivity index (χ4n) is 3.02. The van der Waals surface area contributed by atoms with Crippen molar-refractivity contribution in [2.45, 2.75) is 27.4 Å². The predicted molar refractivity (Wildman–Crippen MR) is 111 cm³/mol. The molecule has 152 valence electrons. The maximum absolute atomic E-state index is 12.7. The number of rotatable bonds is 9. The Morgan fingerprint density at radius 3 is 2.72 bits per heavy atom. The van der Waals surface area contributed by atoms with Crippen LogP contribution in [0.5, 0.6) is 5.75 Å². The maximum Gasteiger partial charge on any atom is 0.255 e. The molecular formula is C22H26N4O3. The number of hydrogen-bond acceptors (Lipinski definition) is 6. The van der Waals surface area contributed by atoms with Crippen LogP contribution in [0.15, 0.2) is 53.1 Å². The van der Waals surface area contributed by atoms with Crippen LogP contribution in [0, 0.1) is 13.8 Å². The highest BCUT2D eigenvalue weighted by molar-refractivity contribution is 5.96. The van der Waals surface area contributed by atoms with Gasteiger partial charge in [0.15, 0.2) is 6.61 Å². The van der Waals surface area contributed by atoms with E-state index in [0.717, 1.165) is 18.8 Å². The molecule has 7 heteroatoms. The zero-order valence-corrected chi connectivity index (χ0v) is 17.0. The number of para-hydroxylation sites is 1. The van der Waals surface area contributed by atoms with E-state index in [1.165, 1.54) is 5.56 Å².